The van der Waals surface area contributed by atoms with Gasteiger partial charge in [0.1, 0.15) is 0 Å². The molecule has 11 heteroatoms. The summed E-state index contributed by atoms with van der Waals surface area (Å²) in [5.41, 5.74) is 0.472. The van der Waals surface area contributed by atoms with Gasteiger partial charge in [-0.25, -0.2) is 18.2 Å². The lowest BCUT2D eigenvalue weighted by molar-refractivity contribution is -0.00243. The van der Waals surface area contributed by atoms with Crippen molar-refractivity contribution in [2.75, 3.05) is 24.5 Å². The Balaban J connectivity index is 1.65. The summed E-state index contributed by atoms with van der Waals surface area (Å²) < 4.78 is 33.1. The highest BCUT2D eigenvalue weighted by Gasteiger charge is 2.27. The minimum absolute atomic E-state index is 0.105. The molecule has 2 heterocycles. The number of carboxylic acid groups (broad SMARTS) is 1. The van der Waals surface area contributed by atoms with E-state index in [9.17, 15) is 18.3 Å². The number of anilines is 1. The maximum atomic E-state index is 12.6. The van der Waals surface area contributed by atoms with E-state index in [2.05, 4.69) is 9.71 Å². The lowest BCUT2D eigenvalue weighted by atomic mass is 10.1. The first-order valence-electron chi connectivity index (χ1n) is 8.58. The fourth-order valence-electron chi connectivity index (χ4n) is 2.97. The van der Waals surface area contributed by atoms with Gasteiger partial charge < -0.3 is 14.7 Å². The van der Waals surface area contributed by atoms with Crippen LogP contribution >= 0.6 is 22.9 Å². The highest BCUT2D eigenvalue weighted by atomic mass is 35.5. The number of benzene rings is 1. The third kappa shape index (κ3) is 4.75. The number of aryl methyl sites for hydroxylation is 1. The van der Waals surface area contributed by atoms with Crippen LogP contribution in [0.15, 0.2) is 29.3 Å². The van der Waals surface area contributed by atoms with Gasteiger partial charge in [0.15, 0.2) is 5.13 Å². The molecule has 0 radical (unpaired) electrons. The first-order valence-corrected chi connectivity index (χ1v) is 11.3. The molecule has 0 aliphatic carbocycles. The molecule has 8 nitrogen and oxygen atoms in total. The summed E-state index contributed by atoms with van der Waals surface area (Å²) in [5, 5.41) is 9.89. The number of morpholine rings is 1. The van der Waals surface area contributed by atoms with E-state index in [0.717, 1.165) is 4.88 Å². The number of rotatable bonds is 6. The number of sulfonamides is 1. The van der Waals surface area contributed by atoms with Crippen LogP contribution in [0.3, 0.4) is 0 Å². The Labute approximate surface area is 172 Å². The van der Waals surface area contributed by atoms with E-state index in [-0.39, 0.29) is 16.1 Å². The number of nitrogens with one attached hydrogen (secondary N) is 1. The number of thiazole rings is 1. The molecule has 0 saturated carbocycles. The van der Waals surface area contributed by atoms with Gasteiger partial charge in [-0.05, 0) is 37.5 Å². The average Bonchev–Trinajstić information content (AvgIpc) is 3.08. The number of carbonyl (C=O) groups is 1. The number of nitrogens with zero attached hydrogens (tertiary/aromatic N) is 2. The summed E-state index contributed by atoms with van der Waals surface area (Å²) in [6.45, 7) is 2.76. The fraction of sp³-hybridized carbons (Fsp3) is 0.412. The summed E-state index contributed by atoms with van der Waals surface area (Å²) in [7, 11) is -3.80. The molecule has 1 saturated heterocycles. The number of aromatic nitrogens is 1. The second-order valence-corrected chi connectivity index (χ2v) is 9.52. The van der Waals surface area contributed by atoms with Gasteiger partial charge in [-0.1, -0.05) is 17.7 Å². The van der Waals surface area contributed by atoms with Gasteiger partial charge >= 0.3 is 6.09 Å². The van der Waals surface area contributed by atoms with Gasteiger partial charge in [0.05, 0.1) is 24.2 Å². The van der Waals surface area contributed by atoms with E-state index in [1.165, 1.54) is 22.3 Å². The van der Waals surface area contributed by atoms with Crippen LogP contribution in [0, 0.1) is 6.92 Å². The smallest absolute Gasteiger partial charge is 0.407 e. The molecule has 1 aliphatic rings. The Bertz CT molecular complexity index is 963. The minimum atomic E-state index is -3.80. The first kappa shape index (κ1) is 20.8. The number of halogens is 1. The standard InChI is InChI=1S/C17H20ClN3O5S2/c1-11-14(18)3-2-4-15(11)28(24,25)20-16-19-9-13(27-16)6-5-12-10-26-8-7-21(12)17(22)23/h2-4,9,12H,5-8,10H2,1H3,(H,19,20)(H,22,23). The maximum absolute atomic E-state index is 12.6. The minimum Gasteiger partial charge on any atom is -0.465 e. The molecule has 1 amide bonds. The van der Waals surface area contributed by atoms with Crippen LogP contribution in [0.5, 0.6) is 0 Å². The van der Waals surface area contributed by atoms with Crippen LogP contribution in [0.4, 0.5) is 9.93 Å². The molecular formula is C17H20ClN3O5S2. The van der Waals surface area contributed by atoms with Crippen molar-refractivity contribution < 1.29 is 23.1 Å². The Morgan fingerprint density at radius 1 is 1.50 bits per heavy atom. The van der Waals surface area contributed by atoms with Crippen molar-refractivity contribution in [2.45, 2.75) is 30.7 Å². The normalized spacial score (nSPS) is 17.5. The van der Waals surface area contributed by atoms with Gasteiger partial charge in [0.25, 0.3) is 10.0 Å². The van der Waals surface area contributed by atoms with Gasteiger partial charge in [-0.2, -0.15) is 0 Å². The zero-order chi connectivity index (χ0) is 20.3. The topological polar surface area (TPSA) is 109 Å². The lowest BCUT2D eigenvalue weighted by Gasteiger charge is -2.33. The van der Waals surface area contributed by atoms with E-state index in [0.29, 0.717) is 43.2 Å². The highest BCUT2D eigenvalue weighted by molar-refractivity contribution is 7.93. The van der Waals surface area contributed by atoms with Crippen molar-refractivity contribution in [1.29, 1.82) is 0 Å². The summed E-state index contributed by atoms with van der Waals surface area (Å²) in [6, 6.07) is 4.48. The number of hydrogen-bond donors (Lipinski definition) is 2. The molecule has 152 valence electrons. The third-order valence-electron chi connectivity index (χ3n) is 4.48. The van der Waals surface area contributed by atoms with Crippen molar-refractivity contribution >= 4 is 44.2 Å². The van der Waals surface area contributed by atoms with Crippen molar-refractivity contribution in [3.8, 4) is 0 Å². The first-order chi connectivity index (χ1) is 13.3. The van der Waals surface area contributed by atoms with Crippen molar-refractivity contribution in [1.82, 2.24) is 9.88 Å². The average molecular weight is 446 g/mol. The van der Waals surface area contributed by atoms with Crippen LogP contribution in [-0.2, 0) is 21.2 Å². The number of amides is 1. The molecule has 0 spiro atoms. The molecule has 1 aromatic carbocycles. The van der Waals surface area contributed by atoms with E-state index in [4.69, 9.17) is 16.3 Å². The molecule has 0 bridgehead atoms. The highest BCUT2D eigenvalue weighted by Crippen LogP contribution is 2.27. The molecule has 3 rings (SSSR count). The second-order valence-electron chi connectivity index (χ2n) is 6.34. The Morgan fingerprint density at radius 3 is 3.04 bits per heavy atom. The van der Waals surface area contributed by atoms with Gasteiger partial charge in [0.2, 0.25) is 0 Å². The predicted molar refractivity (Wildman–Crippen MR) is 107 cm³/mol. The second kappa shape index (κ2) is 8.64. The van der Waals surface area contributed by atoms with E-state index < -0.39 is 16.1 Å². The SMILES string of the molecule is Cc1c(Cl)cccc1S(=O)(=O)Nc1ncc(CCC2COCCN2C(=O)O)s1. The Kier molecular flexibility index (Phi) is 6.43. The number of hydrogen-bond acceptors (Lipinski definition) is 6. The maximum Gasteiger partial charge on any atom is 0.407 e. The van der Waals surface area contributed by atoms with E-state index in [1.807, 2.05) is 0 Å². The van der Waals surface area contributed by atoms with E-state index in [1.54, 1.807) is 25.3 Å². The molecule has 1 aromatic heterocycles. The Morgan fingerprint density at radius 2 is 2.29 bits per heavy atom. The monoisotopic (exact) mass is 445 g/mol. The Hall–Kier alpha value is -1.88. The van der Waals surface area contributed by atoms with Gasteiger partial charge in [-0.15, -0.1) is 11.3 Å². The van der Waals surface area contributed by atoms with Crippen molar-refractivity contribution in [3.63, 3.8) is 0 Å². The van der Waals surface area contributed by atoms with Crippen molar-refractivity contribution in [2.24, 2.45) is 0 Å². The quantitative estimate of drug-likeness (QED) is 0.706. The molecule has 2 N–H and O–H groups in total. The van der Waals surface area contributed by atoms with Crippen LogP contribution < -0.4 is 4.72 Å². The molecule has 2 aromatic rings. The third-order valence-corrected chi connectivity index (χ3v) is 7.47. The summed E-state index contributed by atoms with van der Waals surface area (Å²) in [6.07, 6.45) is 1.80. The predicted octanol–water partition coefficient (Wildman–Crippen LogP) is 3.22. The van der Waals surface area contributed by atoms with Crippen LogP contribution in [-0.4, -0.2) is 55.3 Å². The molecule has 28 heavy (non-hydrogen) atoms. The van der Waals surface area contributed by atoms with Crippen LogP contribution in [0.2, 0.25) is 5.02 Å². The molecule has 1 atom stereocenters. The molecular weight excluding hydrogens is 426 g/mol. The van der Waals surface area contributed by atoms with Crippen LogP contribution in [0.25, 0.3) is 0 Å². The van der Waals surface area contributed by atoms with E-state index >= 15 is 0 Å². The fourth-order valence-corrected chi connectivity index (χ4v) is 5.54. The van der Waals surface area contributed by atoms with Crippen LogP contribution in [0.1, 0.15) is 16.9 Å². The summed E-state index contributed by atoms with van der Waals surface area (Å²) in [4.78, 5) is 17.8. The summed E-state index contributed by atoms with van der Waals surface area (Å²) >= 11 is 7.24. The van der Waals surface area contributed by atoms with Gasteiger partial charge in [0, 0.05) is 22.6 Å². The lowest BCUT2D eigenvalue weighted by Crippen LogP contribution is -2.48. The largest absolute Gasteiger partial charge is 0.465 e. The number of ether oxygens (including phenoxy) is 1. The van der Waals surface area contributed by atoms with Gasteiger partial charge in [-0.3, -0.25) is 4.72 Å². The summed E-state index contributed by atoms with van der Waals surface area (Å²) in [5.74, 6) is 0. The molecule has 1 fully saturated rings. The molecule has 1 unspecified atom stereocenters. The van der Waals surface area contributed by atoms with Crippen molar-refractivity contribution in [3.05, 3.63) is 39.9 Å². The zero-order valence-electron chi connectivity index (χ0n) is 15.1. The zero-order valence-corrected chi connectivity index (χ0v) is 17.5. The molecule has 1 aliphatic heterocycles.